The Bertz CT molecular complexity index is 1240. The Morgan fingerprint density at radius 2 is 0.758 bits per heavy atom. The number of benzene rings is 3. The zero-order valence-electron chi connectivity index (χ0n) is 16.6. The minimum absolute atomic E-state index is 0.0664. The first-order chi connectivity index (χ1) is 15.8. The lowest BCUT2D eigenvalue weighted by Gasteiger charge is -2.08. The van der Waals surface area contributed by atoms with Crippen LogP contribution in [0.1, 0.15) is 0 Å². The molecule has 0 atom stereocenters. The van der Waals surface area contributed by atoms with E-state index in [0.717, 1.165) is 0 Å². The standard InChI is InChI=1S/C21H12N6O6/c28-25(29)16-7-1-4-13(10-16)19-22-20(14-5-2-8-17(11-14)26(30)31)24-21(23-19)15-6-3-9-18(12-15)27(32)33/h1-12H. The van der Waals surface area contributed by atoms with E-state index in [1.165, 1.54) is 54.6 Å². The van der Waals surface area contributed by atoms with E-state index in [2.05, 4.69) is 15.0 Å². The average molecular weight is 444 g/mol. The second-order valence-corrected chi connectivity index (χ2v) is 6.73. The summed E-state index contributed by atoms with van der Waals surface area (Å²) in [6.45, 7) is 0. The van der Waals surface area contributed by atoms with Gasteiger partial charge >= 0.3 is 0 Å². The Morgan fingerprint density at radius 3 is 1.00 bits per heavy atom. The van der Waals surface area contributed by atoms with Gasteiger partial charge in [-0.05, 0) is 0 Å². The molecule has 0 saturated carbocycles. The minimum atomic E-state index is -0.562. The summed E-state index contributed by atoms with van der Waals surface area (Å²) in [6, 6.07) is 16.9. The summed E-state index contributed by atoms with van der Waals surface area (Å²) in [5.41, 5.74) is 0.394. The fourth-order valence-electron chi connectivity index (χ4n) is 3.04. The van der Waals surface area contributed by atoms with Gasteiger partial charge in [-0.2, -0.15) is 0 Å². The van der Waals surface area contributed by atoms with Gasteiger partial charge in [0.05, 0.1) is 14.8 Å². The molecular formula is C21H12N6O6. The SMILES string of the molecule is O=[N+]([O-])c1cccc(-c2nc(-c3cccc([N+](=O)[O-])c3)nc(-c3cccc([N+](=O)[O-])c3)n2)c1. The number of nitrogens with zero attached hydrogens (tertiary/aromatic N) is 6. The predicted molar refractivity (Wildman–Crippen MR) is 116 cm³/mol. The number of nitro groups is 3. The van der Waals surface area contributed by atoms with Crippen molar-refractivity contribution < 1.29 is 14.8 Å². The maximum absolute atomic E-state index is 11.2. The fourth-order valence-corrected chi connectivity index (χ4v) is 3.04. The van der Waals surface area contributed by atoms with E-state index in [0.29, 0.717) is 16.7 Å². The number of rotatable bonds is 6. The molecule has 12 heteroatoms. The zero-order valence-corrected chi connectivity index (χ0v) is 16.6. The Balaban J connectivity index is 1.94. The summed E-state index contributed by atoms with van der Waals surface area (Å²) in [7, 11) is 0. The maximum Gasteiger partial charge on any atom is 0.270 e. The van der Waals surface area contributed by atoms with Gasteiger partial charge in [-0.15, -0.1) is 0 Å². The lowest BCUT2D eigenvalue weighted by atomic mass is 10.1. The molecule has 4 rings (SSSR count). The van der Waals surface area contributed by atoms with E-state index < -0.39 is 14.8 Å². The van der Waals surface area contributed by atoms with E-state index in [1.807, 2.05) is 0 Å². The lowest BCUT2D eigenvalue weighted by Crippen LogP contribution is -2.01. The molecule has 33 heavy (non-hydrogen) atoms. The van der Waals surface area contributed by atoms with Crippen LogP contribution in [0.3, 0.4) is 0 Å². The molecule has 4 aromatic rings. The van der Waals surface area contributed by atoms with Gasteiger partial charge < -0.3 is 0 Å². The van der Waals surface area contributed by atoms with Gasteiger partial charge in [0.25, 0.3) is 17.1 Å². The van der Waals surface area contributed by atoms with Crippen LogP contribution in [0.15, 0.2) is 72.8 Å². The van der Waals surface area contributed by atoms with Crippen molar-refractivity contribution in [2.75, 3.05) is 0 Å². The average Bonchev–Trinajstić information content (AvgIpc) is 2.84. The van der Waals surface area contributed by atoms with Crippen LogP contribution in [0.25, 0.3) is 34.2 Å². The van der Waals surface area contributed by atoms with Crippen molar-refractivity contribution in [2.24, 2.45) is 0 Å². The van der Waals surface area contributed by atoms with Gasteiger partial charge in [0.1, 0.15) is 0 Å². The number of nitro benzene ring substituents is 3. The minimum Gasteiger partial charge on any atom is -0.258 e. The molecule has 0 radical (unpaired) electrons. The summed E-state index contributed by atoms with van der Waals surface area (Å²) < 4.78 is 0. The van der Waals surface area contributed by atoms with Gasteiger partial charge in [-0.1, -0.05) is 36.4 Å². The summed E-state index contributed by atoms with van der Waals surface area (Å²) in [5.74, 6) is 0.199. The Kier molecular flexibility index (Phi) is 5.47. The van der Waals surface area contributed by atoms with Crippen LogP contribution in [0.4, 0.5) is 17.1 Å². The van der Waals surface area contributed by atoms with E-state index in [4.69, 9.17) is 0 Å². The zero-order chi connectivity index (χ0) is 23.5. The van der Waals surface area contributed by atoms with Crippen molar-refractivity contribution in [3.05, 3.63) is 103 Å². The molecular weight excluding hydrogens is 432 g/mol. The number of non-ortho nitro benzene ring substituents is 3. The molecule has 0 N–H and O–H groups in total. The van der Waals surface area contributed by atoms with Crippen molar-refractivity contribution in [1.82, 2.24) is 15.0 Å². The van der Waals surface area contributed by atoms with Crippen LogP contribution >= 0.6 is 0 Å². The Labute approximate surface area is 184 Å². The molecule has 0 bridgehead atoms. The van der Waals surface area contributed by atoms with Crippen LogP contribution < -0.4 is 0 Å². The molecule has 0 aliphatic carbocycles. The molecule has 1 aromatic heterocycles. The molecule has 162 valence electrons. The van der Waals surface area contributed by atoms with Gasteiger partial charge in [0.2, 0.25) is 0 Å². The quantitative estimate of drug-likeness (QED) is 0.305. The van der Waals surface area contributed by atoms with Gasteiger partial charge in [-0.25, -0.2) is 15.0 Å². The van der Waals surface area contributed by atoms with Crippen LogP contribution in [-0.2, 0) is 0 Å². The summed E-state index contributed by atoms with van der Waals surface area (Å²) in [5, 5.41) is 33.6. The molecule has 0 aliphatic rings. The molecule has 12 nitrogen and oxygen atoms in total. The summed E-state index contributed by atoms with van der Waals surface area (Å²) >= 11 is 0. The molecule has 0 unspecified atom stereocenters. The molecule has 3 aromatic carbocycles. The third-order valence-corrected chi connectivity index (χ3v) is 4.58. The van der Waals surface area contributed by atoms with Crippen molar-refractivity contribution in [1.29, 1.82) is 0 Å². The highest BCUT2D eigenvalue weighted by Crippen LogP contribution is 2.29. The lowest BCUT2D eigenvalue weighted by molar-refractivity contribution is -0.385. The second-order valence-electron chi connectivity index (χ2n) is 6.73. The Hall–Kier alpha value is -5.13. The second kappa shape index (κ2) is 8.55. The number of hydrogen-bond donors (Lipinski definition) is 0. The largest absolute Gasteiger partial charge is 0.270 e. The number of aromatic nitrogens is 3. The first kappa shape index (κ1) is 21.1. The topological polar surface area (TPSA) is 168 Å². The highest BCUT2D eigenvalue weighted by atomic mass is 16.6. The third kappa shape index (κ3) is 4.49. The van der Waals surface area contributed by atoms with Gasteiger partial charge in [0, 0.05) is 53.1 Å². The monoisotopic (exact) mass is 444 g/mol. The highest BCUT2D eigenvalue weighted by Gasteiger charge is 2.17. The maximum atomic E-state index is 11.2. The smallest absolute Gasteiger partial charge is 0.258 e. The molecule has 0 spiro atoms. The first-order valence-electron chi connectivity index (χ1n) is 9.32. The first-order valence-corrected chi connectivity index (χ1v) is 9.32. The fraction of sp³-hybridized carbons (Fsp3) is 0. The third-order valence-electron chi connectivity index (χ3n) is 4.58. The van der Waals surface area contributed by atoms with Crippen molar-refractivity contribution >= 4 is 17.1 Å². The summed E-state index contributed by atoms with van der Waals surface area (Å²) in [6.07, 6.45) is 0. The van der Waals surface area contributed by atoms with Crippen LogP contribution in [-0.4, -0.2) is 29.7 Å². The number of hydrogen-bond acceptors (Lipinski definition) is 9. The summed E-state index contributed by atoms with van der Waals surface area (Å²) in [4.78, 5) is 44.9. The normalized spacial score (nSPS) is 10.5. The van der Waals surface area contributed by atoms with Crippen molar-refractivity contribution in [3.8, 4) is 34.2 Å². The molecule has 0 saturated heterocycles. The van der Waals surface area contributed by atoms with E-state index in [9.17, 15) is 30.3 Å². The molecule has 1 heterocycles. The molecule has 0 aliphatic heterocycles. The van der Waals surface area contributed by atoms with Gasteiger partial charge in [0.15, 0.2) is 17.5 Å². The van der Waals surface area contributed by atoms with Crippen LogP contribution in [0.2, 0.25) is 0 Å². The van der Waals surface area contributed by atoms with E-state index in [1.54, 1.807) is 18.2 Å². The van der Waals surface area contributed by atoms with Crippen LogP contribution in [0.5, 0.6) is 0 Å². The Morgan fingerprint density at radius 1 is 0.485 bits per heavy atom. The van der Waals surface area contributed by atoms with Crippen molar-refractivity contribution in [3.63, 3.8) is 0 Å². The van der Waals surface area contributed by atoms with E-state index in [-0.39, 0.29) is 34.5 Å². The van der Waals surface area contributed by atoms with Gasteiger partial charge in [-0.3, -0.25) is 30.3 Å². The highest BCUT2D eigenvalue weighted by molar-refractivity contribution is 5.69. The molecule has 0 amide bonds. The van der Waals surface area contributed by atoms with E-state index >= 15 is 0 Å². The van der Waals surface area contributed by atoms with Crippen LogP contribution in [0, 0.1) is 30.3 Å². The predicted octanol–water partition coefficient (Wildman–Crippen LogP) is 4.60. The van der Waals surface area contributed by atoms with Crippen molar-refractivity contribution in [2.45, 2.75) is 0 Å². The molecule has 0 fully saturated rings.